The molecule has 2 heterocycles. The first-order valence-corrected chi connectivity index (χ1v) is 9.36. The quantitative estimate of drug-likeness (QED) is 0.546. The van der Waals surface area contributed by atoms with E-state index in [4.69, 9.17) is 4.74 Å². The summed E-state index contributed by atoms with van der Waals surface area (Å²) in [5.41, 5.74) is 5.16. The number of fused-ring (bicyclic) bond motifs is 3. The van der Waals surface area contributed by atoms with Crippen molar-refractivity contribution >= 4 is 39.3 Å². The van der Waals surface area contributed by atoms with Crippen molar-refractivity contribution in [1.82, 2.24) is 4.98 Å². The van der Waals surface area contributed by atoms with Crippen molar-refractivity contribution in [2.75, 3.05) is 30.4 Å². The van der Waals surface area contributed by atoms with Gasteiger partial charge >= 0.3 is 6.09 Å². The maximum absolute atomic E-state index is 12.5. The number of anilines is 2. The second-order valence-corrected chi connectivity index (χ2v) is 7.37. The van der Waals surface area contributed by atoms with Crippen LogP contribution in [0.15, 0.2) is 66.7 Å². The number of H-pyrrole nitrogens is 1. The minimum Gasteiger partial charge on any atom is -0.439 e. The van der Waals surface area contributed by atoms with Gasteiger partial charge in [-0.05, 0) is 48.0 Å². The van der Waals surface area contributed by atoms with Crippen LogP contribution in [0.4, 0.5) is 16.2 Å². The molecule has 4 aromatic rings. The van der Waals surface area contributed by atoms with Crippen LogP contribution < -0.4 is 9.80 Å². The lowest BCUT2D eigenvalue weighted by Crippen LogP contribution is -2.23. The first-order valence-electron chi connectivity index (χ1n) is 9.36. The molecule has 1 fully saturated rings. The zero-order valence-corrected chi connectivity index (χ0v) is 15.8. The normalized spacial score (nSPS) is 16.7. The van der Waals surface area contributed by atoms with Gasteiger partial charge in [0, 0.05) is 47.3 Å². The Kier molecular flexibility index (Phi) is 3.76. The molecule has 1 unspecified atom stereocenters. The van der Waals surface area contributed by atoms with Crippen LogP contribution >= 0.6 is 0 Å². The monoisotopic (exact) mass is 371 g/mol. The Morgan fingerprint density at radius 2 is 1.71 bits per heavy atom. The summed E-state index contributed by atoms with van der Waals surface area (Å²) in [5.74, 6) is 0. The highest BCUT2D eigenvalue weighted by Gasteiger charge is 2.33. The second-order valence-electron chi connectivity index (χ2n) is 7.37. The highest BCUT2D eigenvalue weighted by Crippen LogP contribution is 2.34. The molecule has 3 aromatic carbocycles. The second kappa shape index (κ2) is 6.30. The summed E-state index contributed by atoms with van der Waals surface area (Å²) < 4.78 is 5.70. The number of hydrogen-bond donors (Lipinski definition) is 1. The fourth-order valence-corrected chi connectivity index (χ4v) is 3.84. The number of aromatic nitrogens is 1. The molecular weight excluding hydrogens is 350 g/mol. The number of para-hydroxylation sites is 1. The van der Waals surface area contributed by atoms with E-state index in [1.54, 1.807) is 4.90 Å². The van der Waals surface area contributed by atoms with Gasteiger partial charge in [-0.2, -0.15) is 0 Å². The highest BCUT2D eigenvalue weighted by molar-refractivity contribution is 6.07. The number of ether oxygens (including phenoxy) is 1. The van der Waals surface area contributed by atoms with Crippen LogP contribution in [0.3, 0.4) is 0 Å². The number of rotatable bonds is 3. The van der Waals surface area contributed by atoms with E-state index in [0.29, 0.717) is 6.54 Å². The van der Waals surface area contributed by atoms with Crippen molar-refractivity contribution in [1.29, 1.82) is 0 Å². The van der Waals surface area contributed by atoms with Gasteiger partial charge in [-0.1, -0.05) is 24.3 Å². The molecular formula is C23H21N3O2. The molecule has 1 aliphatic heterocycles. The molecule has 1 aliphatic rings. The van der Waals surface area contributed by atoms with E-state index in [2.05, 4.69) is 29.2 Å². The third-order valence-corrected chi connectivity index (χ3v) is 5.39. The molecule has 1 saturated heterocycles. The van der Waals surface area contributed by atoms with Gasteiger partial charge < -0.3 is 14.6 Å². The molecule has 140 valence electrons. The molecule has 0 aliphatic carbocycles. The molecule has 5 heteroatoms. The Morgan fingerprint density at radius 1 is 0.964 bits per heavy atom. The lowest BCUT2D eigenvalue weighted by atomic mass is 10.1. The number of benzene rings is 3. The first kappa shape index (κ1) is 16.7. The number of nitrogens with one attached hydrogen (secondary N) is 1. The molecule has 0 saturated carbocycles. The van der Waals surface area contributed by atoms with Gasteiger partial charge in [0.25, 0.3) is 0 Å². The van der Waals surface area contributed by atoms with Gasteiger partial charge in [-0.15, -0.1) is 0 Å². The smallest absolute Gasteiger partial charge is 0.415 e. The molecule has 1 atom stereocenters. The summed E-state index contributed by atoms with van der Waals surface area (Å²) in [6, 6.07) is 22.4. The number of carbonyl (C=O) groups excluding carboxylic acids is 1. The van der Waals surface area contributed by atoms with E-state index in [9.17, 15) is 4.79 Å². The summed E-state index contributed by atoms with van der Waals surface area (Å²) in [5, 5.41) is 2.33. The minimum absolute atomic E-state index is 0.279. The van der Waals surface area contributed by atoms with Crippen LogP contribution in [-0.4, -0.2) is 31.7 Å². The maximum atomic E-state index is 12.5. The largest absolute Gasteiger partial charge is 0.439 e. The standard InChI is InChI=1S/C23H21N3O2/c1-25(2)16-8-10-17(11-9-16)26-14-22(28-23(26)27)15-7-12-21-19(13-15)18-5-3-4-6-20(18)24-21/h3-13,22,24H,14H2,1-2H3. The predicted molar refractivity (Wildman–Crippen MR) is 113 cm³/mol. The van der Waals surface area contributed by atoms with E-state index in [0.717, 1.165) is 33.4 Å². The van der Waals surface area contributed by atoms with Crippen molar-refractivity contribution in [3.05, 3.63) is 72.3 Å². The number of amides is 1. The van der Waals surface area contributed by atoms with Crippen LogP contribution in [0.25, 0.3) is 21.8 Å². The third kappa shape index (κ3) is 2.67. The van der Waals surface area contributed by atoms with Gasteiger partial charge in [0.1, 0.15) is 6.10 Å². The van der Waals surface area contributed by atoms with Crippen molar-refractivity contribution in [2.24, 2.45) is 0 Å². The SMILES string of the molecule is CN(C)c1ccc(N2CC(c3ccc4[nH]c5ccccc5c4c3)OC2=O)cc1. The van der Waals surface area contributed by atoms with Crippen LogP contribution in [0, 0.1) is 0 Å². The van der Waals surface area contributed by atoms with Crippen molar-refractivity contribution in [3.63, 3.8) is 0 Å². The predicted octanol–water partition coefficient (Wildman–Crippen LogP) is 5.09. The molecule has 1 amide bonds. The Hall–Kier alpha value is -3.47. The number of carbonyl (C=O) groups is 1. The molecule has 1 aromatic heterocycles. The third-order valence-electron chi connectivity index (χ3n) is 5.39. The Balaban J connectivity index is 1.46. The zero-order valence-electron chi connectivity index (χ0n) is 15.8. The summed E-state index contributed by atoms with van der Waals surface area (Å²) in [6.45, 7) is 0.508. The number of aromatic amines is 1. The lowest BCUT2D eigenvalue weighted by molar-refractivity contribution is 0.142. The van der Waals surface area contributed by atoms with E-state index in [1.807, 2.05) is 61.5 Å². The summed E-state index contributed by atoms with van der Waals surface area (Å²) in [4.78, 5) is 19.7. The fourth-order valence-electron chi connectivity index (χ4n) is 3.84. The summed E-state index contributed by atoms with van der Waals surface area (Å²) >= 11 is 0. The summed E-state index contributed by atoms with van der Waals surface area (Å²) in [7, 11) is 3.99. The first-order chi connectivity index (χ1) is 13.6. The van der Waals surface area contributed by atoms with Crippen molar-refractivity contribution in [2.45, 2.75) is 6.10 Å². The van der Waals surface area contributed by atoms with E-state index < -0.39 is 0 Å². The number of cyclic esters (lactones) is 1. The maximum Gasteiger partial charge on any atom is 0.415 e. The number of nitrogens with zero attached hydrogens (tertiary/aromatic N) is 2. The van der Waals surface area contributed by atoms with E-state index >= 15 is 0 Å². The Bertz CT molecular complexity index is 1180. The highest BCUT2D eigenvalue weighted by atomic mass is 16.6. The van der Waals surface area contributed by atoms with Gasteiger partial charge in [0.2, 0.25) is 0 Å². The molecule has 0 radical (unpaired) electrons. The molecule has 5 nitrogen and oxygen atoms in total. The lowest BCUT2D eigenvalue weighted by Gasteiger charge is -2.16. The van der Waals surface area contributed by atoms with Crippen molar-refractivity contribution in [3.8, 4) is 0 Å². The zero-order chi connectivity index (χ0) is 19.3. The van der Waals surface area contributed by atoms with E-state index in [1.165, 1.54) is 5.39 Å². The molecule has 5 rings (SSSR count). The van der Waals surface area contributed by atoms with Gasteiger partial charge in [-0.3, -0.25) is 4.90 Å². The van der Waals surface area contributed by atoms with Gasteiger partial charge in [0.05, 0.1) is 6.54 Å². The van der Waals surface area contributed by atoms with Crippen LogP contribution in [0.2, 0.25) is 0 Å². The average Bonchev–Trinajstić information content (AvgIpc) is 3.28. The van der Waals surface area contributed by atoms with Crippen LogP contribution in [0.5, 0.6) is 0 Å². The molecule has 28 heavy (non-hydrogen) atoms. The van der Waals surface area contributed by atoms with Gasteiger partial charge in [-0.25, -0.2) is 4.79 Å². The summed E-state index contributed by atoms with van der Waals surface area (Å²) in [6.07, 6.45) is -0.583. The van der Waals surface area contributed by atoms with E-state index in [-0.39, 0.29) is 12.2 Å². The average molecular weight is 371 g/mol. The Morgan fingerprint density at radius 3 is 2.50 bits per heavy atom. The molecule has 1 N–H and O–H groups in total. The molecule has 0 spiro atoms. The minimum atomic E-state index is -0.304. The topological polar surface area (TPSA) is 48.6 Å². The Labute approximate surface area is 163 Å². The fraction of sp³-hybridized carbons (Fsp3) is 0.174. The number of hydrogen-bond acceptors (Lipinski definition) is 3. The van der Waals surface area contributed by atoms with Crippen LogP contribution in [-0.2, 0) is 4.74 Å². The molecule has 0 bridgehead atoms. The van der Waals surface area contributed by atoms with Gasteiger partial charge in [0.15, 0.2) is 0 Å². The van der Waals surface area contributed by atoms with Crippen LogP contribution in [0.1, 0.15) is 11.7 Å². The van der Waals surface area contributed by atoms with Crippen molar-refractivity contribution < 1.29 is 9.53 Å².